The summed E-state index contributed by atoms with van der Waals surface area (Å²) < 4.78 is 89.3. The molecule has 77 heavy (non-hydrogen) atoms. The Balaban J connectivity index is 0.000000268. The smallest absolute Gasteiger partial charge is 0.460 e. The number of nitrogens with one attached hydrogen (secondary N) is 4. The van der Waals surface area contributed by atoms with Gasteiger partial charge in [-0.1, -0.05) is 43.8 Å². The second kappa shape index (κ2) is 28.9. The van der Waals surface area contributed by atoms with Gasteiger partial charge in [-0.25, -0.2) is 9.97 Å². The number of esters is 1. The van der Waals surface area contributed by atoms with Gasteiger partial charge in [-0.05, 0) is 75.3 Å². The number of aliphatic hydroxyl groups is 1. The number of hydrogen-bond acceptors (Lipinski definition) is 19. The summed E-state index contributed by atoms with van der Waals surface area (Å²) in [5.41, 5.74) is -0.117. The van der Waals surface area contributed by atoms with Crippen molar-refractivity contribution in [1.82, 2.24) is 29.7 Å². The van der Waals surface area contributed by atoms with Crippen LogP contribution >= 0.6 is 23.2 Å². The molecule has 2 saturated carbocycles. The number of para-hydroxylation sites is 2. The summed E-state index contributed by atoms with van der Waals surface area (Å²) in [4.78, 5) is 53.7. The summed E-state index contributed by atoms with van der Waals surface area (Å²) in [7, 11) is 0. The van der Waals surface area contributed by atoms with Crippen LogP contribution in [0.25, 0.3) is 0 Å². The number of nitrogens with zero attached hydrogens (tertiary/aromatic N) is 8. The fraction of sp³-hybridized carbons (Fsp3) is 0.562. The van der Waals surface area contributed by atoms with Gasteiger partial charge in [0, 0.05) is 82.5 Å². The number of alkyl halides is 8. The molecular formula is C48H62Cl2F6N12O9. The van der Waals surface area contributed by atoms with Crippen molar-refractivity contribution in [1.29, 1.82) is 0 Å². The molecule has 8 rings (SSSR count). The van der Waals surface area contributed by atoms with Crippen LogP contribution in [0.15, 0.2) is 60.9 Å². The van der Waals surface area contributed by atoms with Gasteiger partial charge >= 0.3 is 30.1 Å². The fourth-order valence-corrected chi connectivity index (χ4v) is 9.32. The third-order valence-corrected chi connectivity index (χ3v) is 13.1. The van der Waals surface area contributed by atoms with Gasteiger partial charge in [0.05, 0.1) is 21.3 Å². The highest BCUT2D eigenvalue weighted by Crippen LogP contribution is 2.34. The summed E-state index contributed by atoms with van der Waals surface area (Å²) >= 11 is 9.53. The molecule has 0 spiro atoms. The monoisotopic (exact) mass is 1130 g/mol. The first-order chi connectivity index (χ1) is 36.2. The number of anilines is 4. The van der Waals surface area contributed by atoms with Crippen molar-refractivity contribution < 1.29 is 60.3 Å². The van der Waals surface area contributed by atoms with E-state index >= 15 is 0 Å². The van der Waals surface area contributed by atoms with Gasteiger partial charge in [0.1, 0.15) is 30.0 Å². The number of benzene rings is 2. The molecule has 2 aromatic heterocycles. The van der Waals surface area contributed by atoms with Crippen LogP contribution in [-0.4, -0.2) is 132 Å². The molecular weight excluding hydrogens is 1070 g/mol. The third kappa shape index (κ3) is 19.6. The number of rotatable bonds is 19. The minimum absolute atomic E-state index is 0. The molecule has 2 aromatic carbocycles. The van der Waals surface area contributed by atoms with E-state index in [1.54, 1.807) is 12.1 Å². The number of aromatic nitrogens is 4. The quantitative estimate of drug-likeness (QED) is 0.0192. The second-order valence-electron chi connectivity index (χ2n) is 18.4. The van der Waals surface area contributed by atoms with Crippen molar-refractivity contribution >= 4 is 64.1 Å². The maximum atomic E-state index is 12.7. The number of aliphatic hydroxyl groups excluding tert-OH is 1. The van der Waals surface area contributed by atoms with Crippen molar-refractivity contribution in [2.45, 2.75) is 116 Å². The number of hydrogen-bond donors (Lipinski definition) is 5. The summed E-state index contributed by atoms with van der Waals surface area (Å²) in [6.45, 7) is 5.21. The minimum atomic E-state index is -4.84. The number of halogens is 8. The molecule has 4 fully saturated rings. The van der Waals surface area contributed by atoms with Gasteiger partial charge in [-0.15, -0.1) is 49.5 Å². The van der Waals surface area contributed by atoms with Gasteiger partial charge in [0.15, 0.2) is 0 Å². The maximum Gasteiger partial charge on any atom is 0.573 e. The zero-order chi connectivity index (χ0) is 55.0. The molecule has 0 bridgehead atoms. The number of ether oxygens (including phenoxy) is 3. The normalized spacial score (nSPS) is 19.9. The summed E-state index contributed by atoms with van der Waals surface area (Å²) in [5, 5.41) is 44.4. The van der Waals surface area contributed by atoms with Crippen LogP contribution in [0.1, 0.15) is 76.8 Å². The molecule has 5 N–H and O–H groups in total. The first kappa shape index (κ1) is 61.6. The van der Waals surface area contributed by atoms with E-state index in [-0.39, 0.29) is 102 Å². The molecule has 4 aliphatic rings. The molecule has 29 heteroatoms. The molecule has 4 heterocycles. The Morgan fingerprint density at radius 1 is 0.675 bits per heavy atom. The topological polar surface area (TPSA) is 257 Å². The molecule has 21 nitrogen and oxygen atoms in total. The summed E-state index contributed by atoms with van der Waals surface area (Å²) in [5.74, 6) is -0.170. The Morgan fingerprint density at radius 3 is 1.40 bits per heavy atom. The second-order valence-corrected chi connectivity index (χ2v) is 19.2. The Hall–Kier alpha value is -6.29. The summed E-state index contributed by atoms with van der Waals surface area (Å²) in [6.07, 6.45) is 0.0121. The zero-order valence-corrected chi connectivity index (χ0v) is 42.6. The summed E-state index contributed by atoms with van der Waals surface area (Å²) in [6, 6.07) is 12.2. The van der Waals surface area contributed by atoms with Crippen molar-refractivity contribution in [2.75, 3.05) is 65.9 Å². The van der Waals surface area contributed by atoms with Crippen LogP contribution in [-0.2, 0) is 22.6 Å². The highest BCUT2D eigenvalue weighted by molar-refractivity contribution is 6.40. The van der Waals surface area contributed by atoms with Gasteiger partial charge in [0.2, 0.25) is 23.5 Å². The lowest BCUT2D eigenvalue weighted by Crippen LogP contribution is -2.57. The largest absolute Gasteiger partial charge is 0.573 e. The number of likely N-dealkylation sites (tertiary alicyclic amines) is 2. The average molecular weight is 1140 g/mol. The van der Waals surface area contributed by atoms with Crippen LogP contribution in [0.3, 0.4) is 0 Å². The minimum Gasteiger partial charge on any atom is -0.460 e. The number of carbonyl (C=O) groups excluding carboxylic acids is 1. The number of β-amino-alcohol motifs (C(OH)–C–C–N with tert-alkyl or cyclic N) is 1. The maximum absolute atomic E-state index is 12.7. The van der Waals surface area contributed by atoms with E-state index in [2.05, 4.69) is 60.5 Å². The van der Waals surface area contributed by atoms with Gasteiger partial charge < -0.3 is 40.6 Å². The Kier molecular flexibility index (Phi) is 23.1. The molecule has 0 unspecified atom stereocenters. The van der Waals surface area contributed by atoms with Gasteiger partial charge in [0.25, 0.3) is 0 Å². The lowest BCUT2D eigenvalue weighted by Gasteiger charge is -2.45. The van der Waals surface area contributed by atoms with E-state index in [4.69, 9.17) is 27.9 Å². The van der Waals surface area contributed by atoms with E-state index in [1.807, 2.05) is 0 Å². The Labute approximate surface area is 450 Å². The van der Waals surface area contributed by atoms with Gasteiger partial charge in [-0.2, -0.15) is 9.97 Å². The predicted octanol–water partition coefficient (Wildman–Crippen LogP) is 9.71. The van der Waals surface area contributed by atoms with Crippen LogP contribution < -0.4 is 30.7 Å². The highest BCUT2D eigenvalue weighted by atomic mass is 35.5. The van der Waals surface area contributed by atoms with Crippen molar-refractivity contribution in [2.24, 2.45) is 11.8 Å². The van der Waals surface area contributed by atoms with Crippen molar-refractivity contribution in [3.8, 4) is 11.5 Å². The van der Waals surface area contributed by atoms with E-state index in [0.717, 1.165) is 89.9 Å². The molecule has 424 valence electrons. The third-order valence-electron chi connectivity index (χ3n) is 13.1. The molecule has 2 aliphatic carbocycles. The molecule has 4 aromatic rings. The first-order valence-electron chi connectivity index (χ1n) is 24.3. The van der Waals surface area contributed by atoms with Crippen LogP contribution in [0.5, 0.6) is 11.5 Å². The molecule has 0 atom stereocenters. The lowest BCUT2D eigenvalue weighted by molar-refractivity contribution is -0.384. The first-order valence-corrected chi connectivity index (χ1v) is 25.3. The predicted molar refractivity (Wildman–Crippen MR) is 275 cm³/mol. The van der Waals surface area contributed by atoms with E-state index < -0.39 is 22.6 Å². The highest BCUT2D eigenvalue weighted by Gasteiger charge is 2.37. The number of nitro groups is 2. The van der Waals surface area contributed by atoms with Crippen molar-refractivity contribution in [3.63, 3.8) is 0 Å². The van der Waals surface area contributed by atoms with Crippen LogP contribution in [0.4, 0.5) is 61.2 Å². The van der Waals surface area contributed by atoms with E-state index in [9.17, 15) is 56.5 Å². The molecule has 2 saturated heterocycles. The Morgan fingerprint density at radius 2 is 1.05 bits per heavy atom. The van der Waals surface area contributed by atoms with Crippen molar-refractivity contribution in [3.05, 3.63) is 92.3 Å². The van der Waals surface area contributed by atoms with Crippen LogP contribution in [0, 0.1) is 32.1 Å². The van der Waals surface area contributed by atoms with E-state index in [1.165, 1.54) is 43.3 Å². The van der Waals surface area contributed by atoms with Gasteiger partial charge in [-0.3, -0.25) is 34.8 Å². The SMILES string of the molecule is C.CC(=O)OC1CN(C2CCC(CNc3nc(NCc4ccccc4OC(F)(F)F)ncc3[N+](=O)[O-])CC2)C1.ClCCl.O=[N+]([O-])c1cnc(NCc2ccccc2OC(F)(F)F)nc1NCC1CCC(N2CC(O)C2)CC1. The lowest BCUT2D eigenvalue weighted by atomic mass is 9.84. The van der Waals surface area contributed by atoms with E-state index in [0.29, 0.717) is 37.0 Å². The zero-order valence-electron chi connectivity index (χ0n) is 41.1. The molecule has 0 amide bonds. The number of carbonyl (C=O) groups is 1. The average Bonchev–Trinajstić information content (AvgIpc) is 3.34. The molecule has 0 radical (unpaired) electrons. The molecule has 2 aliphatic heterocycles. The Bertz CT molecular complexity index is 2540. The standard InChI is InChI=1S/C24H29F3N6O5.C22H27F3N6O4.CH2Cl2.CH4/c1-15(34)37-19-13-32(14-19)18-8-6-16(7-9-18)10-28-22-20(33(35)36)12-30-23(31-22)29-11-17-4-2-3-5-21(17)38-24(25,26)27;23-22(24,25)35-19-4-2-1-3-15(19)10-27-21-28-11-18(31(33)34)20(29-21)26-9-14-5-7-16(8-6-14)30-12-17(32)13-30;2-1-3;/h2-5,12,16,18-19H,6-11,13-14H2,1H3,(H2,28,29,30,31);1-4,11,14,16-17,32H,5-10,12-13H2,(H2,26,27,28,29);1H2;1H4. The fourth-order valence-electron chi connectivity index (χ4n) is 9.32. The van der Waals surface area contributed by atoms with Crippen LogP contribution in [0.2, 0.25) is 0 Å².